The molecule has 16 nitrogen and oxygen atoms in total. The molecule has 2 heterocycles. The van der Waals surface area contributed by atoms with Gasteiger partial charge >= 0.3 is 5.97 Å². The zero-order valence-electron chi connectivity index (χ0n) is 58.1. The summed E-state index contributed by atoms with van der Waals surface area (Å²) >= 11 is 19.1. The number of ketones is 2. The normalized spacial score (nSPS) is 15.6. The number of aryl methyl sites for hydroxylation is 2. The number of nitrogens with zero attached hydrogens (tertiary/aromatic N) is 2. The summed E-state index contributed by atoms with van der Waals surface area (Å²) in [6.07, 6.45) is 16.6. The van der Waals surface area contributed by atoms with E-state index in [1.165, 1.54) is 21.3 Å². The molecular formula is C80H94Cl3N3O13. The van der Waals surface area contributed by atoms with Crippen LogP contribution in [0.5, 0.6) is 34.5 Å². The van der Waals surface area contributed by atoms with E-state index in [-0.39, 0.29) is 61.8 Å². The third kappa shape index (κ3) is 22.1. The van der Waals surface area contributed by atoms with E-state index in [1.807, 2.05) is 92.7 Å². The molecule has 2 fully saturated rings. The number of rotatable bonds is 36. The molecule has 0 spiro atoms. The minimum absolute atomic E-state index is 0.00176. The van der Waals surface area contributed by atoms with Crippen LogP contribution in [-0.4, -0.2) is 119 Å². The number of hydrogen-bond donors (Lipinski definition) is 1. The van der Waals surface area contributed by atoms with Gasteiger partial charge in [-0.2, -0.15) is 0 Å². The van der Waals surface area contributed by atoms with Gasteiger partial charge in [-0.1, -0.05) is 160 Å². The maximum absolute atomic E-state index is 14.7. The summed E-state index contributed by atoms with van der Waals surface area (Å²) < 4.78 is 40.5. The first-order chi connectivity index (χ1) is 47.9. The Morgan fingerprint density at radius 3 is 1.84 bits per heavy atom. The van der Waals surface area contributed by atoms with Gasteiger partial charge in [0.1, 0.15) is 30.5 Å². The van der Waals surface area contributed by atoms with Gasteiger partial charge in [-0.25, -0.2) is 4.79 Å². The number of hydrogen-bond acceptors (Lipinski definition) is 13. The van der Waals surface area contributed by atoms with Crippen LogP contribution in [0.25, 0.3) is 12.2 Å². The number of methoxy groups -OCH3 is 5. The summed E-state index contributed by atoms with van der Waals surface area (Å²) in [7, 11) is 7.77. The highest BCUT2D eigenvalue weighted by molar-refractivity contribution is 6.42. The number of unbranched alkanes of at least 4 members (excludes halogenated alkanes) is 9. The lowest BCUT2D eigenvalue weighted by Crippen LogP contribution is -2.52. The van der Waals surface area contributed by atoms with E-state index in [9.17, 15) is 28.8 Å². The topological polar surface area (TPSA) is 186 Å². The molecule has 19 heteroatoms. The van der Waals surface area contributed by atoms with E-state index in [4.69, 9.17) is 68.0 Å². The van der Waals surface area contributed by atoms with Gasteiger partial charge in [-0.15, -0.1) is 0 Å². The van der Waals surface area contributed by atoms with E-state index < -0.39 is 30.1 Å². The van der Waals surface area contributed by atoms with E-state index in [2.05, 4.69) is 5.32 Å². The Kier molecular flexibility index (Phi) is 30.0. The summed E-state index contributed by atoms with van der Waals surface area (Å²) in [5.41, 5.74) is 6.32. The first-order valence-corrected chi connectivity index (χ1v) is 35.6. The molecule has 528 valence electrons. The van der Waals surface area contributed by atoms with Crippen molar-refractivity contribution in [3.8, 4) is 34.5 Å². The zero-order valence-corrected chi connectivity index (χ0v) is 60.4. The van der Waals surface area contributed by atoms with E-state index >= 15 is 0 Å². The largest absolute Gasteiger partial charge is 0.493 e. The Labute approximate surface area is 598 Å². The fraction of sp³-hybridized carbons (Fsp3) is 0.425. The molecule has 6 aromatic carbocycles. The molecule has 2 saturated heterocycles. The standard InChI is InChI=1S/C80H94Cl3N3O13/c1-8-64(59-48-73(95-5)77(97-7)74(49-59)96-6)78(90)86-40-23-22-30-69(86)80(92)99-70(38-35-55-36-39-71(93-3)72(46-55)94-4)58-27-24-29-63(47-58)98-52-62(87)28-20-15-13-11-9-10-12-14-16-21-31-75(88)84-68(45-54-25-18-17-19-26-54)79(91)85-50-60(41-56-33-32-53(2)66(82)43-56)76(89)61(51-85)42-57-34-37-65(81)67(83)44-57/h17-19,24-27,29,32-34,36-37,39,41-44,46-49,64,68-70H,8-16,20-23,28,30-31,35,38,40,45,50-52H2,1-7H3,(H,84,88)/b60-41+,61-42+/t64-,68-,69-,70?/m0/s1. The van der Waals surface area contributed by atoms with Gasteiger partial charge in [-0.05, 0) is 164 Å². The summed E-state index contributed by atoms with van der Waals surface area (Å²) in [5, 5.41) is 4.36. The Balaban J connectivity index is 0.780. The number of nitrogens with one attached hydrogen (secondary N) is 1. The molecule has 0 bridgehead atoms. The fourth-order valence-electron chi connectivity index (χ4n) is 12.8. The molecule has 0 aromatic heterocycles. The number of esters is 1. The minimum Gasteiger partial charge on any atom is -0.493 e. The van der Waals surface area contributed by atoms with Crippen molar-refractivity contribution < 1.29 is 61.9 Å². The lowest BCUT2D eigenvalue weighted by Gasteiger charge is -2.37. The number of likely N-dealkylation sites (tertiary alicyclic amines) is 2. The number of carbonyl (C=O) groups is 6. The van der Waals surface area contributed by atoms with Crippen molar-refractivity contribution in [2.45, 2.75) is 160 Å². The van der Waals surface area contributed by atoms with Gasteiger partial charge < -0.3 is 48.3 Å². The maximum atomic E-state index is 14.7. The smallest absolute Gasteiger partial charge is 0.329 e. The van der Waals surface area contributed by atoms with Crippen molar-refractivity contribution in [2.24, 2.45) is 0 Å². The monoisotopic (exact) mass is 1410 g/mol. The van der Waals surface area contributed by atoms with Crippen LogP contribution in [0.4, 0.5) is 0 Å². The van der Waals surface area contributed by atoms with Crippen LogP contribution >= 0.6 is 34.8 Å². The highest BCUT2D eigenvalue weighted by Gasteiger charge is 2.39. The van der Waals surface area contributed by atoms with Crippen LogP contribution < -0.4 is 33.7 Å². The number of ether oxygens (including phenoxy) is 7. The van der Waals surface area contributed by atoms with Crippen molar-refractivity contribution in [1.82, 2.24) is 15.1 Å². The highest BCUT2D eigenvalue weighted by Crippen LogP contribution is 2.42. The Bertz CT molecular complexity index is 3700. The molecule has 0 radical (unpaired) electrons. The number of carbonyl (C=O) groups excluding carboxylic acids is 6. The predicted octanol–water partition coefficient (Wildman–Crippen LogP) is 16.7. The van der Waals surface area contributed by atoms with Gasteiger partial charge in [0.05, 0.1) is 51.5 Å². The van der Waals surface area contributed by atoms with Crippen molar-refractivity contribution in [3.63, 3.8) is 0 Å². The molecule has 4 atom stereocenters. The second-order valence-electron chi connectivity index (χ2n) is 25.4. The molecule has 8 rings (SSSR count). The lowest BCUT2D eigenvalue weighted by molar-refractivity contribution is -0.162. The van der Waals surface area contributed by atoms with Gasteiger partial charge in [-0.3, -0.25) is 24.0 Å². The molecule has 1 N–H and O–H groups in total. The second kappa shape index (κ2) is 38.9. The van der Waals surface area contributed by atoms with Crippen molar-refractivity contribution in [2.75, 3.05) is 61.8 Å². The average Bonchev–Trinajstić information content (AvgIpc) is 0.814. The Morgan fingerprint density at radius 2 is 1.22 bits per heavy atom. The summed E-state index contributed by atoms with van der Waals surface area (Å²) in [6, 6.07) is 35.2. The second-order valence-corrected chi connectivity index (χ2v) is 26.6. The third-order valence-electron chi connectivity index (χ3n) is 18.3. The number of piperidine rings is 2. The van der Waals surface area contributed by atoms with Crippen molar-refractivity contribution in [3.05, 3.63) is 186 Å². The van der Waals surface area contributed by atoms with Gasteiger partial charge in [0.15, 0.2) is 34.6 Å². The van der Waals surface area contributed by atoms with Crippen LogP contribution in [0.3, 0.4) is 0 Å². The van der Waals surface area contributed by atoms with Crippen LogP contribution in [0.15, 0.2) is 132 Å². The van der Waals surface area contributed by atoms with Crippen molar-refractivity contribution >= 4 is 82.2 Å². The molecular weight excluding hydrogens is 1320 g/mol. The fourth-order valence-corrected chi connectivity index (χ4v) is 13.3. The Morgan fingerprint density at radius 1 is 0.596 bits per heavy atom. The number of Topliss-reactive ketones (excluding diaryl/α,β-unsaturated/α-hetero) is 2. The molecule has 2 aliphatic rings. The molecule has 0 aliphatic carbocycles. The summed E-state index contributed by atoms with van der Waals surface area (Å²) in [5.74, 6) is 0.993. The molecule has 3 amide bonds. The average molecular weight is 1410 g/mol. The maximum Gasteiger partial charge on any atom is 0.329 e. The molecule has 6 aromatic rings. The third-order valence-corrected chi connectivity index (χ3v) is 19.5. The quantitative estimate of drug-likeness (QED) is 0.0223. The molecule has 1 unspecified atom stereocenters. The van der Waals surface area contributed by atoms with Crippen LogP contribution in [-0.2, 0) is 46.3 Å². The van der Waals surface area contributed by atoms with E-state index in [0.29, 0.717) is 122 Å². The van der Waals surface area contributed by atoms with E-state index in [1.54, 1.807) is 78.6 Å². The molecule has 2 aliphatic heterocycles. The summed E-state index contributed by atoms with van der Waals surface area (Å²) in [4.78, 5) is 88.2. The van der Waals surface area contributed by atoms with Crippen LogP contribution in [0, 0.1) is 6.92 Å². The zero-order chi connectivity index (χ0) is 70.8. The minimum atomic E-state index is -0.870. The van der Waals surface area contributed by atoms with E-state index in [0.717, 1.165) is 92.9 Å². The lowest BCUT2D eigenvalue weighted by atomic mass is 9.91. The molecule has 99 heavy (non-hydrogen) atoms. The Hall–Kier alpha value is -8.31. The number of amides is 3. The predicted molar refractivity (Wildman–Crippen MR) is 390 cm³/mol. The first-order valence-electron chi connectivity index (χ1n) is 34.5. The van der Waals surface area contributed by atoms with Gasteiger partial charge in [0, 0.05) is 55.1 Å². The number of halogens is 3. The van der Waals surface area contributed by atoms with Crippen LogP contribution in [0.2, 0.25) is 15.1 Å². The van der Waals surface area contributed by atoms with Gasteiger partial charge in [0.25, 0.3) is 0 Å². The van der Waals surface area contributed by atoms with Crippen molar-refractivity contribution in [1.29, 1.82) is 0 Å². The summed E-state index contributed by atoms with van der Waals surface area (Å²) in [6.45, 7) is 4.23. The van der Waals surface area contributed by atoms with Crippen LogP contribution in [0.1, 0.15) is 167 Å². The first kappa shape index (κ1) is 76.4. The molecule has 0 saturated carbocycles. The van der Waals surface area contributed by atoms with Gasteiger partial charge in [0.2, 0.25) is 23.5 Å². The number of benzene rings is 6. The SMILES string of the molecule is CC[C@H](C(=O)N1CCCC[C@H]1C(=O)OC(CCc1ccc(OC)c(OC)c1)c1cccc(OCC(=O)CCCCCCCCCCCCC(=O)N[C@@H](Cc2ccccc2)C(=O)N2C/C(=C\c3ccc(C)c(Cl)c3)C(=O)/C(=C/c3ccc(Cl)c(Cl)c3)C2)c1)c1cc(OC)c(OC)c(OC)c1. The highest BCUT2D eigenvalue weighted by atomic mass is 35.5.